The third kappa shape index (κ3) is 3.67. The molecule has 0 saturated carbocycles. The largest absolute Gasteiger partial charge is 0.497 e. The molecule has 0 spiro atoms. The average Bonchev–Trinajstić information content (AvgIpc) is 2.84. The molecule has 0 fully saturated rings. The van der Waals surface area contributed by atoms with Crippen molar-refractivity contribution < 1.29 is 9.47 Å². The quantitative estimate of drug-likeness (QED) is 0.824. The second kappa shape index (κ2) is 7.13. The summed E-state index contributed by atoms with van der Waals surface area (Å²) in [7, 11) is 5.15. The normalized spacial score (nSPS) is 10.2. The van der Waals surface area contributed by atoms with Crippen molar-refractivity contribution in [1.82, 2.24) is 15.1 Å². The van der Waals surface area contributed by atoms with E-state index in [0.717, 1.165) is 22.7 Å². The Labute approximate surface area is 135 Å². The highest BCUT2D eigenvalue weighted by Crippen LogP contribution is 2.28. The lowest BCUT2D eigenvalue weighted by Crippen LogP contribution is -2.28. The van der Waals surface area contributed by atoms with Crippen LogP contribution in [0.3, 0.4) is 0 Å². The van der Waals surface area contributed by atoms with E-state index in [9.17, 15) is 0 Å². The van der Waals surface area contributed by atoms with Gasteiger partial charge in [-0.3, -0.25) is 4.68 Å². The molecule has 0 amide bonds. The summed E-state index contributed by atoms with van der Waals surface area (Å²) in [5.74, 6) is 1.43. The minimum Gasteiger partial charge on any atom is -0.497 e. The van der Waals surface area contributed by atoms with Gasteiger partial charge >= 0.3 is 0 Å². The van der Waals surface area contributed by atoms with E-state index < -0.39 is 0 Å². The first kappa shape index (κ1) is 16.1. The van der Waals surface area contributed by atoms with Gasteiger partial charge in [-0.1, -0.05) is 0 Å². The lowest BCUT2D eigenvalue weighted by atomic mass is 10.2. The van der Waals surface area contributed by atoms with Crippen LogP contribution in [0.2, 0.25) is 0 Å². The van der Waals surface area contributed by atoms with Gasteiger partial charge in [-0.05, 0) is 31.3 Å². The van der Waals surface area contributed by atoms with Crippen molar-refractivity contribution in [1.29, 1.82) is 0 Å². The van der Waals surface area contributed by atoms with Gasteiger partial charge in [0.25, 0.3) is 0 Å². The number of ether oxygens (including phenoxy) is 2. The Morgan fingerprint density at radius 1 is 1.32 bits per heavy atom. The Balaban J connectivity index is 2.01. The topological polar surface area (TPSA) is 60.3 Å². The van der Waals surface area contributed by atoms with E-state index in [0.29, 0.717) is 17.4 Å². The van der Waals surface area contributed by atoms with Gasteiger partial charge in [0.1, 0.15) is 11.5 Å². The molecule has 0 saturated heterocycles. The SMILES string of the molecule is COc1ccc(OC)c(NC(=S)NCc2cnn(C)c2C)c1. The van der Waals surface area contributed by atoms with Crippen LogP contribution in [-0.2, 0) is 13.6 Å². The molecule has 1 aromatic carbocycles. The van der Waals surface area contributed by atoms with Crippen LogP contribution in [0, 0.1) is 6.92 Å². The average molecular weight is 320 g/mol. The van der Waals surface area contributed by atoms with E-state index in [4.69, 9.17) is 21.7 Å². The Morgan fingerprint density at radius 3 is 2.68 bits per heavy atom. The number of thiocarbonyl (C=S) groups is 1. The monoisotopic (exact) mass is 320 g/mol. The molecule has 22 heavy (non-hydrogen) atoms. The summed E-state index contributed by atoms with van der Waals surface area (Å²) in [5.41, 5.74) is 2.96. The van der Waals surface area contributed by atoms with E-state index in [1.165, 1.54) is 0 Å². The van der Waals surface area contributed by atoms with Crippen molar-refractivity contribution in [3.05, 3.63) is 35.7 Å². The lowest BCUT2D eigenvalue weighted by molar-refractivity contribution is 0.405. The van der Waals surface area contributed by atoms with Gasteiger partial charge in [0.2, 0.25) is 0 Å². The molecule has 0 atom stereocenters. The Kier molecular flexibility index (Phi) is 5.21. The van der Waals surface area contributed by atoms with Crippen molar-refractivity contribution in [2.24, 2.45) is 7.05 Å². The molecule has 2 aromatic rings. The summed E-state index contributed by atoms with van der Waals surface area (Å²) >= 11 is 5.33. The fourth-order valence-corrected chi connectivity index (χ4v) is 2.15. The Bertz CT molecular complexity index is 670. The van der Waals surface area contributed by atoms with E-state index in [1.807, 2.05) is 43.0 Å². The maximum Gasteiger partial charge on any atom is 0.171 e. The minimum absolute atomic E-state index is 0.509. The highest BCUT2D eigenvalue weighted by molar-refractivity contribution is 7.80. The number of hydrogen-bond acceptors (Lipinski definition) is 4. The second-order valence-electron chi connectivity index (χ2n) is 4.75. The van der Waals surface area contributed by atoms with Crippen LogP contribution in [0.5, 0.6) is 11.5 Å². The molecule has 118 valence electrons. The first-order valence-electron chi connectivity index (χ1n) is 6.79. The van der Waals surface area contributed by atoms with Gasteiger partial charge in [-0.25, -0.2) is 0 Å². The van der Waals surface area contributed by atoms with Gasteiger partial charge in [-0.2, -0.15) is 5.10 Å². The molecule has 7 heteroatoms. The smallest absolute Gasteiger partial charge is 0.171 e. The molecule has 1 aromatic heterocycles. The number of methoxy groups -OCH3 is 2. The number of benzene rings is 1. The van der Waals surface area contributed by atoms with Crippen molar-refractivity contribution >= 4 is 23.0 Å². The summed E-state index contributed by atoms with van der Waals surface area (Å²) in [4.78, 5) is 0. The summed E-state index contributed by atoms with van der Waals surface area (Å²) in [6, 6.07) is 5.50. The zero-order valence-corrected chi connectivity index (χ0v) is 14.0. The molecule has 0 unspecified atom stereocenters. The van der Waals surface area contributed by atoms with Crippen LogP contribution in [0.25, 0.3) is 0 Å². The molecular weight excluding hydrogens is 300 g/mol. The number of nitrogens with zero attached hydrogens (tertiary/aromatic N) is 2. The number of hydrogen-bond donors (Lipinski definition) is 2. The summed E-state index contributed by atoms with van der Waals surface area (Å²) < 4.78 is 12.4. The van der Waals surface area contributed by atoms with Gasteiger partial charge in [0.15, 0.2) is 5.11 Å². The number of anilines is 1. The predicted octanol–water partition coefficient (Wildman–Crippen LogP) is 2.23. The van der Waals surface area contributed by atoms with Crippen LogP contribution in [0.4, 0.5) is 5.69 Å². The lowest BCUT2D eigenvalue weighted by Gasteiger charge is -2.14. The molecule has 2 rings (SSSR count). The van der Waals surface area contributed by atoms with E-state index in [1.54, 1.807) is 14.2 Å². The van der Waals surface area contributed by atoms with Gasteiger partial charge in [-0.15, -0.1) is 0 Å². The van der Waals surface area contributed by atoms with E-state index in [2.05, 4.69) is 15.7 Å². The zero-order chi connectivity index (χ0) is 16.1. The third-order valence-corrected chi connectivity index (χ3v) is 3.68. The fraction of sp³-hybridized carbons (Fsp3) is 0.333. The van der Waals surface area contributed by atoms with Crippen molar-refractivity contribution in [3.8, 4) is 11.5 Å². The summed E-state index contributed by atoms with van der Waals surface area (Å²) in [6.07, 6.45) is 1.83. The number of aryl methyl sites for hydroxylation is 1. The molecule has 6 nitrogen and oxygen atoms in total. The summed E-state index contributed by atoms with van der Waals surface area (Å²) in [5, 5.41) is 11.0. The molecule has 0 aliphatic rings. The maximum atomic E-state index is 5.33. The standard InChI is InChI=1S/C15H20N4O2S/c1-10-11(9-17-19(10)2)8-16-15(22)18-13-7-12(20-3)5-6-14(13)21-4/h5-7,9H,8H2,1-4H3,(H2,16,18,22). The predicted molar refractivity (Wildman–Crippen MR) is 90.6 cm³/mol. The first-order chi connectivity index (χ1) is 10.5. The van der Waals surface area contributed by atoms with Crippen LogP contribution in [-0.4, -0.2) is 29.1 Å². The minimum atomic E-state index is 0.509. The number of aromatic nitrogens is 2. The molecule has 0 aliphatic carbocycles. The second-order valence-corrected chi connectivity index (χ2v) is 5.16. The van der Waals surface area contributed by atoms with Gasteiger partial charge in [0.05, 0.1) is 26.1 Å². The van der Waals surface area contributed by atoms with Crippen LogP contribution in [0.15, 0.2) is 24.4 Å². The third-order valence-electron chi connectivity index (χ3n) is 3.43. The number of rotatable bonds is 5. The van der Waals surface area contributed by atoms with Crippen molar-refractivity contribution in [2.75, 3.05) is 19.5 Å². The fourth-order valence-electron chi connectivity index (χ4n) is 1.97. The van der Waals surface area contributed by atoms with Crippen LogP contribution >= 0.6 is 12.2 Å². The van der Waals surface area contributed by atoms with Crippen molar-refractivity contribution in [3.63, 3.8) is 0 Å². The van der Waals surface area contributed by atoms with Crippen LogP contribution in [0.1, 0.15) is 11.3 Å². The van der Waals surface area contributed by atoms with E-state index in [-0.39, 0.29) is 0 Å². The Morgan fingerprint density at radius 2 is 2.09 bits per heavy atom. The van der Waals surface area contributed by atoms with Gasteiger partial charge in [0, 0.05) is 30.9 Å². The zero-order valence-electron chi connectivity index (χ0n) is 13.1. The molecule has 0 bridgehead atoms. The molecule has 2 N–H and O–H groups in total. The van der Waals surface area contributed by atoms with Crippen molar-refractivity contribution in [2.45, 2.75) is 13.5 Å². The number of nitrogens with one attached hydrogen (secondary N) is 2. The summed E-state index contributed by atoms with van der Waals surface area (Å²) in [6.45, 7) is 2.63. The molecule has 0 aliphatic heterocycles. The highest BCUT2D eigenvalue weighted by atomic mass is 32.1. The van der Waals surface area contributed by atoms with Gasteiger partial charge < -0.3 is 20.1 Å². The molecular formula is C15H20N4O2S. The highest BCUT2D eigenvalue weighted by Gasteiger charge is 2.08. The molecule has 0 radical (unpaired) electrons. The Hall–Kier alpha value is -2.28. The molecule has 1 heterocycles. The van der Waals surface area contributed by atoms with E-state index >= 15 is 0 Å². The first-order valence-corrected chi connectivity index (χ1v) is 7.20. The maximum absolute atomic E-state index is 5.33. The van der Waals surface area contributed by atoms with Crippen LogP contribution < -0.4 is 20.1 Å².